The Morgan fingerprint density at radius 3 is 2.77 bits per heavy atom. The number of fused-ring (bicyclic) bond motifs is 2. The number of rotatable bonds is 2. The number of pyridine rings is 2. The molecule has 6 nitrogen and oxygen atoms in total. The molecule has 0 aromatic carbocycles. The summed E-state index contributed by atoms with van der Waals surface area (Å²) in [5.74, 6) is -0.387. The van der Waals surface area contributed by atoms with Crippen LogP contribution in [0.3, 0.4) is 0 Å². The summed E-state index contributed by atoms with van der Waals surface area (Å²) in [6.07, 6.45) is 0.765. The lowest BCUT2D eigenvalue weighted by atomic mass is 10.0. The summed E-state index contributed by atoms with van der Waals surface area (Å²) in [7, 11) is 0. The molecule has 1 aliphatic rings. The van der Waals surface area contributed by atoms with Crippen molar-refractivity contribution in [1.82, 2.24) is 29.7 Å². The number of imidazole rings is 1. The quantitative estimate of drug-likeness (QED) is 0.404. The standard InChI is InChI=1S/C20H14F4N6/c1-10-6-13(7-12-9-26-29-17(10)12)30-18(11-4-5-25-16(21)8-11)27-14-2-3-15(20(22,23)24)28-19(14)30/h2-5,7-9,13,29H,6H2,1H3. The summed E-state index contributed by atoms with van der Waals surface area (Å²) in [4.78, 5) is 11.9. The van der Waals surface area contributed by atoms with Gasteiger partial charge in [-0.3, -0.25) is 5.10 Å². The average molecular weight is 414 g/mol. The highest BCUT2D eigenvalue weighted by Gasteiger charge is 2.34. The Bertz CT molecular complexity index is 1400. The first kappa shape index (κ1) is 18.5. The van der Waals surface area contributed by atoms with Crippen LogP contribution in [0.5, 0.6) is 0 Å². The first-order chi connectivity index (χ1) is 14.3. The third-order valence-electron chi connectivity index (χ3n) is 5.13. The molecule has 1 aliphatic carbocycles. The van der Waals surface area contributed by atoms with Gasteiger partial charge in [0, 0.05) is 23.0 Å². The lowest BCUT2D eigenvalue weighted by Gasteiger charge is -2.21. The number of H-pyrrole nitrogens is 1. The van der Waals surface area contributed by atoms with Crippen molar-refractivity contribution in [3.8, 4) is 11.4 Å². The van der Waals surface area contributed by atoms with Crippen molar-refractivity contribution in [2.45, 2.75) is 25.6 Å². The number of nitrogens with one attached hydrogen (secondary N) is 1. The zero-order chi connectivity index (χ0) is 21.0. The molecule has 0 spiro atoms. The van der Waals surface area contributed by atoms with Gasteiger partial charge in [-0.1, -0.05) is 6.08 Å². The van der Waals surface area contributed by atoms with Crippen LogP contribution in [0.2, 0.25) is 0 Å². The third-order valence-corrected chi connectivity index (χ3v) is 5.13. The molecule has 4 heterocycles. The molecule has 1 atom stereocenters. The second-order valence-electron chi connectivity index (χ2n) is 7.13. The summed E-state index contributed by atoms with van der Waals surface area (Å²) in [5.41, 5.74) is 0.759. The van der Waals surface area contributed by atoms with Crippen molar-refractivity contribution in [2.75, 3.05) is 0 Å². The number of hydrogen-bond donors (Lipinski definition) is 1. The Labute approximate surface area is 166 Å². The van der Waals surface area contributed by atoms with E-state index in [1.165, 1.54) is 18.3 Å². The molecule has 5 rings (SSSR count). The maximum Gasteiger partial charge on any atom is 0.433 e. The van der Waals surface area contributed by atoms with Gasteiger partial charge in [-0.05, 0) is 37.1 Å². The number of halogens is 4. The van der Waals surface area contributed by atoms with E-state index in [1.54, 1.807) is 16.8 Å². The minimum absolute atomic E-state index is 0.0815. The Kier molecular flexibility index (Phi) is 3.99. The lowest BCUT2D eigenvalue weighted by molar-refractivity contribution is -0.141. The van der Waals surface area contributed by atoms with E-state index in [-0.39, 0.29) is 11.7 Å². The number of nitrogens with zero attached hydrogens (tertiary/aromatic N) is 5. The second kappa shape index (κ2) is 6.48. The number of alkyl halides is 3. The fraction of sp³-hybridized carbons (Fsp3) is 0.200. The maximum atomic E-state index is 13.8. The molecular formula is C20H14F4N6. The van der Waals surface area contributed by atoms with Crippen LogP contribution in [-0.2, 0) is 6.18 Å². The van der Waals surface area contributed by atoms with Crippen molar-refractivity contribution >= 4 is 22.8 Å². The van der Waals surface area contributed by atoms with Gasteiger partial charge in [0.25, 0.3) is 0 Å². The monoisotopic (exact) mass is 414 g/mol. The van der Waals surface area contributed by atoms with Crippen LogP contribution in [0.15, 0.2) is 36.7 Å². The molecule has 0 aliphatic heterocycles. The topological polar surface area (TPSA) is 72.3 Å². The largest absolute Gasteiger partial charge is 0.433 e. The van der Waals surface area contributed by atoms with E-state index in [2.05, 4.69) is 25.1 Å². The molecule has 0 bridgehead atoms. The summed E-state index contributed by atoms with van der Waals surface area (Å²) >= 11 is 0. The van der Waals surface area contributed by atoms with E-state index in [1.807, 2.05) is 13.0 Å². The van der Waals surface area contributed by atoms with Gasteiger partial charge < -0.3 is 4.57 Å². The summed E-state index contributed by atoms with van der Waals surface area (Å²) in [6, 6.07) is 4.57. The van der Waals surface area contributed by atoms with Crippen molar-refractivity contribution in [2.24, 2.45) is 0 Å². The molecule has 152 valence electrons. The molecule has 0 amide bonds. The Hall–Kier alpha value is -3.56. The highest BCUT2D eigenvalue weighted by Crippen LogP contribution is 2.34. The van der Waals surface area contributed by atoms with Crippen molar-refractivity contribution in [1.29, 1.82) is 0 Å². The van der Waals surface area contributed by atoms with E-state index in [0.29, 0.717) is 23.3 Å². The predicted octanol–water partition coefficient (Wildman–Crippen LogP) is 2.97. The van der Waals surface area contributed by atoms with Crippen LogP contribution in [0, 0.1) is 5.95 Å². The van der Waals surface area contributed by atoms with E-state index in [4.69, 9.17) is 0 Å². The molecular weight excluding hydrogens is 400 g/mol. The fourth-order valence-corrected chi connectivity index (χ4v) is 3.80. The first-order valence-electron chi connectivity index (χ1n) is 9.10. The minimum Gasteiger partial charge on any atom is -0.301 e. The van der Waals surface area contributed by atoms with Crippen molar-refractivity contribution in [3.63, 3.8) is 0 Å². The van der Waals surface area contributed by atoms with Gasteiger partial charge in [-0.2, -0.15) is 22.7 Å². The molecule has 4 aromatic rings. The highest BCUT2D eigenvalue weighted by molar-refractivity contribution is 5.78. The SMILES string of the molecule is CC1=c2[nH]ncc2=CC(n2c(-c3ccnc(F)c3)nc3ccc(C(F)(F)F)nc32)C1. The van der Waals surface area contributed by atoms with E-state index >= 15 is 0 Å². The van der Waals surface area contributed by atoms with Crippen molar-refractivity contribution < 1.29 is 17.6 Å². The first-order valence-corrected chi connectivity index (χ1v) is 9.10. The zero-order valence-corrected chi connectivity index (χ0v) is 15.6. The summed E-state index contributed by atoms with van der Waals surface area (Å²) in [6.45, 7) is 1.93. The molecule has 0 fully saturated rings. The maximum absolute atomic E-state index is 13.8. The van der Waals surface area contributed by atoms with Gasteiger partial charge in [0.2, 0.25) is 5.95 Å². The second-order valence-corrected chi connectivity index (χ2v) is 7.13. The van der Waals surface area contributed by atoms with Gasteiger partial charge in [0.1, 0.15) is 17.0 Å². The van der Waals surface area contributed by atoms with Crippen LogP contribution in [0.25, 0.3) is 34.2 Å². The normalized spacial score (nSPS) is 16.6. The van der Waals surface area contributed by atoms with Crippen LogP contribution in [0.4, 0.5) is 17.6 Å². The van der Waals surface area contributed by atoms with Gasteiger partial charge in [-0.15, -0.1) is 0 Å². The van der Waals surface area contributed by atoms with Crippen LogP contribution < -0.4 is 10.6 Å². The van der Waals surface area contributed by atoms with E-state index in [0.717, 1.165) is 22.2 Å². The fourth-order valence-electron chi connectivity index (χ4n) is 3.80. The van der Waals surface area contributed by atoms with Gasteiger partial charge in [0.05, 0.1) is 17.6 Å². The molecule has 30 heavy (non-hydrogen) atoms. The summed E-state index contributed by atoms with van der Waals surface area (Å²) < 4.78 is 55.4. The zero-order valence-electron chi connectivity index (χ0n) is 15.6. The van der Waals surface area contributed by atoms with Crippen LogP contribution >= 0.6 is 0 Å². The Balaban J connectivity index is 1.80. The molecule has 4 aromatic heterocycles. The molecule has 0 saturated heterocycles. The lowest BCUT2D eigenvalue weighted by Crippen LogP contribution is -2.31. The van der Waals surface area contributed by atoms with Crippen molar-refractivity contribution in [3.05, 3.63) is 58.9 Å². The third kappa shape index (κ3) is 2.95. The summed E-state index contributed by atoms with van der Waals surface area (Å²) in [5, 5.41) is 8.70. The molecule has 0 radical (unpaired) electrons. The Morgan fingerprint density at radius 2 is 2.00 bits per heavy atom. The average Bonchev–Trinajstić information content (AvgIpc) is 3.31. The number of hydrogen-bond acceptors (Lipinski definition) is 4. The van der Waals surface area contributed by atoms with E-state index in [9.17, 15) is 17.6 Å². The molecule has 1 unspecified atom stereocenters. The molecule has 0 saturated carbocycles. The highest BCUT2D eigenvalue weighted by atomic mass is 19.4. The van der Waals surface area contributed by atoms with E-state index < -0.39 is 17.8 Å². The minimum atomic E-state index is -4.59. The van der Waals surface area contributed by atoms with Crippen LogP contribution in [0.1, 0.15) is 25.1 Å². The Morgan fingerprint density at radius 1 is 1.17 bits per heavy atom. The predicted molar refractivity (Wildman–Crippen MR) is 101 cm³/mol. The number of aromatic amines is 1. The van der Waals surface area contributed by atoms with Crippen LogP contribution in [-0.4, -0.2) is 29.7 Å². The van der Waals surface area contributed by atoms with Gasteiger partial charge >= 0.3 is 6.18 Å². The van der Waals surface area contributed by atoms with Gasteiger partial charge in [0.15, 0.2) is 5.65 Å². The molecule has 10 heteroatoms. The van der Waals surface area contributed by atoms with Gasteiger partial charge in [-0.25, -0.2) is 15.0 Å². The number of aromatic nitrogens is 6. The smallest absolute Gasteiger partial charge is 0.301 e. The molecule has 1 N–H and O–H groups in total.